The minimum Gasteiger partial charge on any atom is -0.481 e. The number of esters is 1. The van der Waals surface area contributed by atoms with E-state index in [2.05, 4.69) is 4.74 Å². The average Bonchev–Trinajstić information content (AvgIpc) is 2.46. The average molecular weight is 322 g/mol. The van der Waals surface area contributed by atoms with Crippen molar-refractivity contribution in [3.05, 3.63) is 0 Å². The van der Waals surface area contributed by atoms with Gasteiger partial charge in [-0.05, 0) is 12.8 Å². The fourth-order valence-corrected chi connectivity index (χ4v) is 1.46. The summed E-state index contributed by atoms with van der Waals surface area (Å²) in [6.45, 7) is 0. The van der Waals surface area contributed by atoms with Gasteiger partial charge in [0.15, 0.2) is 18.5 Å². The van der Waals surface area contributed by atoms with Crippen molar-refractivity contribution in [1.29, 1.82) is 0 Å². The molecule has 10 heteroatoms. The molecule has 0 fully saturated rings. The van der Waals surface area contributed by atoms with Crippen molar-refractivity contribution in [2.75, 3.05) is 0 Å². The highest BCUT2D eigenvalue weighted by atomic mass is 16.6. The molecule has 126 valence electrons. The van der Waals surface area contributed by atoms with Gasteiger partial charge in [-0.3, -0.25) is 14.4 Å². The number of rotatable bonds is 11. The number of ether oxygens (including phenoxy) is 1. The van der Waals surface area contributed by atoms with Crippen LogP contribution >= 0.6 is 0 Å². The van der Waals surface area contributed by atoms with Crippen LogP contribution in [0.1, 0.15) is 25.7 Å². The summed E-state index contributed by atoms with van der Waals surface area (Å²) in [5, 5.41) is 44.8. The van der Waals surface area contributed by atoms with Crippen LogP contribution in [-0.2, 0) is 23.9 Å². The van der Waals surface area contributed by atoms with Gasteiger partial charge in [-0.15, -0.1) is 0 Å². The molecule has 0 amide bonds. The maximum Gasteiger partial charge on any atom is 0.335 e. The normalized spacial score (nSPS) is 16.1. The molecule has 0 aliphatic rings. The minimum absolute atomic E-state index is 0.0163. The van der Waals surface area contributed by atoms with E-state index < -0.39 is 42.3 Å². The smallest absolute Gasteiger partial charge is 0.335 e. The molecule has 0 aromatic carbocycles. The molecule has 0 aliphatic carbocycles. The summed E-state index contributed by atoms with van der Waals surface area (Å²) in [4.78, 5) is 42.8. The lowest BCUT2D eigenvalue weighted by molar-refractivity contribution is -0.173. The van der Waals surface area contributed by atoms with Crippen molar-refractivity contribution < 1.29 is 49.4 Å². The molecule has 0 saturated carbocycles. The fourth-order valence-electron chi connectivity index (χ4n) is 1.46. The number of hydrogen-bond donors (Lipinski definition) is 5. The molecule has 0 spiro atoms. The highest BCUT2D eigenvalue weighted by Crippen LogP contribution is 2.10. The van der Waals surface area contributed by atoms with Crippen LogP contribution in [0.4, 0.5) is 0 Å². The number of aliphatic hydroxyl groups is 3. The van der Waals surface area contributed by atoms with Gasteiger partial charge in [0.1, 0.15) is 12.2 Å². The van der Waals surface area contributed by atoms with Crippen LogP contribution in [0, 0.1) is 0 Å². The molecule has 22 heavy (non-hydrogen) atoms. The summed E-state index contributed by atoms with van der Waals surface area (Å²) in [6, 6.07) is 0. The number of carbonyl (C=O) groups excluding carboxylic acids is 2. The van der Waals surface area contributed by atoms with Crippen molar-refractivity contribution >= 4 is 24.2 Å². The molecule has 0 radical (unpaired) electrons. The third kappa shape index (κ3) is 7.11. The van der Waals surface area contributed by atoms with Gasteiger partial charge in [0, 0.05) is 12.8 Å². The molecule has 0 bridgehead atoms. The van der Waals surface area contributed by atoms with Gasteiger partial charge in [-0.25, -0.2) is 4.79 Å². The lowest BCUT2D eigenvalue weighted by Crippen LogP contribution is -2.49. The summed E-state index contributed by atoms with van der Waals surface area (Å²) in [5.74, 6) is -3.78. The van der Waals surface area contributed by atoms with Gasteiger partial charge >= 0.3 is 17.9 Å². The summed E-state index contributed by atoms with van der Waals surface area (Å²) in [6.07, 6.45) is -8.55. The quantitative estimate of drug-likeness (QED) is 0.161. The number of aldehydes is 1. The first-order valence-corrected chi connectivity index (χ1v) is 6.34. The zero-order valence-electron chi connectivity index (χ0n) is 11.5. The van der Waals surface area contributed by atoms with Gasteiger partial charge in [0.05, 0.1) is 0 Å². The Morgan fingerprint density at radius 1 is 0.955 bits per heavy atom. The molecule has 0 saturated heterocycles. The van der Waals surface area contributed by atoms with Crippen LogP contribution in [0.5, 0.6) is 0 Å². The van der Waals surface area contributed by atoms with Crippen LogP contribution in [0.3, 0.4) is 0 Å². The lowest BCUT2D eigenvalue weighted by Gasteiger charge is -2.24. The Kier molecular flexibility index (Phi) is 8.91. The van der Waals surface area contributed by atoms with Gasteiger partial charge in [0.2, 0.25) is 0 Å². The van der Waals surface area contributed by atoms with E-state index in [1.54, 1.807) is 0 Å². The van der Waals surface area contributed by atoms with Gasteiger partial charge in [0.25, 0.3) is 0 Å². The zero-order valence-corrected chi connectivity index (χ0v) is 11.5. The molecule has 4 atom stereocenters. The number of carbonyl (C=O) groups is 4. The Bertz CT molecular complexity index is 407. The second-order valence-electron chi connectivity index (χ2n) is 4.46. The van der Waals surface area contributed by atoms with Gasteiger partial charge < -0.3 is 30.3 Å². The molecule has 10 nitrogen and oxygen atoms in total. The van der Waals surface area contributed by atoms with E-state index in [1.165, 1.54) is 0 Å². The molecule has 0 heterocycles. The Morgan fingerprint density at radius 3 is 1.95 bits per heavy atom. The third-order valence-corrected chi connectivity index (χ3v) is 2.69. The van der Waals surface area contributed by atoms with Crippen molar-refractivity contribution in [3.63, 3.8) is 0 Å². The van der Waals surface area contributed by atoms with E-state index in [9.17, 15) is 29.4 Å². The minimum atomic E-state index is -2.35. The van der Waals surface area contributed by atoms with E-state index >= 15 is 0 Å². The zero-order chi connectivity index (χ0) is 17.3. The van der Waals surface area contributed by atoms with E-state index in [1.807, 2.05) is 0 Å². The Hall–Kier alpha value is -2.04. The van der Waals surface area contributed by atoms with Crippen LogP contribution in [0.25, 0.3) is 0 Å². The fraction of sp³-hybridized carbons (Fsp3) is 0.667. The molecule has 0 aromatic heterocycles. The molecular formula is C12H18O10. The predicted octanol–water partition coefficient (Wildman–Crippen LogP) is -2.09. The number of carboxylic acid groups (broad SMARTS) is 2. The first kappa shape index (κ1) is 20.0. The maximum atomic E-state index is 11.4. The third-order valence-electron chi connectivity index (χ3n) is 2.69. The topological polar surface area (TPSA) is 179 Å². The second kappa shape index (κ2) is 9.82. The van der Waals surface area contributed by atoms with Crippen molar-refractivity contribution in [1.82, 2.24) is 0 Å². The lowest BCUT2D eigenvalue weighted by atomic mass is 10.0. The molecule has 0 aliphatic heterocycles. The van der Waals surface area contributed by atoms with Crippen LogP contribution < -0.4 is 0 Å². The largest absolute Gasteiger partial charge is 0.481 e. The van der Waals surface area contributed by atoms with E-state index in [0.717, 1.165) is 0 Å². The van der Waals surface area contributed by atoms with E-state index in [0.29, 0.717) is 0 Å². The monoisotopic (exact) mass is 322 g/mol. The standard InChI is InChI=1S/C12H18O10/c13-5-6(9(17)10(18)11(19)12(20)21)22-8(16)4-2-1-3-7(14)15/h5-6,9-11,17-19H,1-4H2,(H,14,15)(H,20,21)/t6-,9+,10-,11-/m0/s1. The first-order valence-electron chi connectivity index (χ1n) is 6.34. The Balaban J connectivity index is 4.39. The molecule has 5 N–H and O–H groups in total. The number of aliphatic carboxylic acids is 2. The molecule has 0 unspecified atom stereocenters. The van der Waals surface area contributed by atoms with E-state index in [-0.39, 0.29) is 32.0 Å². The maximum absolute atomic E-state index is 11.4. The number of aliphatic hydroxyl groups excluding tert-OH is 3. The van der Waals surface area contributed by atoms with Gasteiger partial charge in [-0.1, -0.05) is 0 Å². The van der Waals surface area contributed by atoms with Gasteiger partial charge in [-0.2, -0.15) is 0 Å². The first-order chi connectivity index (χ1) is 10.2. The second-order valence-corrected chi connectivity index (χ2v) is 4.46. The number of carboxylic acids is 2. The number of unbranched alkanes of at least 4 members (excludes halogenated alkanes) is 1. The van der Waals surface area contributed by atoms with Crippen LogP contribution in [0.2, 0.25) is 0 Å². The van der Waals surface area contributed by atoms with Crippen LogP contribution in [-0.4, -0.2) is 74.1 Å². The Labute approximate surface area is 124 Å². The highest BCUT2D eigenvalue weighted by Gasteiger charge is 2.36. The van der Waals surface area contributed by atoms with Crippen molar-refractivity contribution in [3.8, 4) is 0 Å². The highest BCUT2D eigenvalue weighted by molar-refractivity contribution is 5.74. The molecule has 0 rings (SSSR count). The molecular weight excluding hydrogens is 304 g/mol. The van der Waals surface area contributed by atoms with Crippen molar-refractivity contribution in [2.24, 2.45) is 0 Å². The summed E-state index contributed by atoms with van der Waals surface area (Å²) >= 11 is 0. The predicted molar refractivity (Wildman–Crippen MR) is 67.7 cm³/mol. The van der Waals surface area contributed by atoms with E-state index in [4.69, 9.17) is 15.3 Å². The van der Waals surface area contributed by atoms with Crippen molar-refractivity contribution in [2.45, 2.75) is 50.1 Å². The summed E-state index contributed by atoms with van der Waals surface area (Å²) in [7, 11) is 0. The molecule has 0 aromatic rings. The SMILES string of the molecule is O=C[C@H](OC(=O)CCCCC(=O)O)[C@@H](O)[C@H](O)[C@H](O)C(=O)O. The Morgan fingerprint density at radius 2 is 1.50 bits per heavy atom. The summed E-state index contributed by atoms with van der Waals surface area (Å²) < 4.78 is 4.55. The number of hydrogen-bond acceptors (Lipinski definition) is 8. The van der Waals surface area contributed by atoms with Crippen LogP contribution in [0.15, 0.2) is 0 Å². The summed E-state index contributed by atoms with van der Waals surface area (Å²) in [5.41, 5.74) is 0.